The maximum atomic E-state index is 11.9. The van der Waals surface area contributed by atoms with Gasteiger partial charge < -0.3 is 19.5 Å². The third-order valence-corrected chi connectivity index (χ3v) is 2.73. The fraction of sp³-hybridized carbons (Fsp3) is 0.500. The van der Waals surface area contributed by atoms with E-state index in [0.717, 1.165) is 5.75 Å². The number of amides is 1. The van der Waals surface area contributed by atoms with Crippen LogP contribution < -0.4 is 10.1 Å². The molecule has 1 aromatic rings. The molecular weight excluding hydrogens is 246 g/mol. The second-order valence-corrected chi connectivity index (χ2v) is 4.53. The molecule has 19 heavy (non-hydrogen) atoms. The van der Waals surface area contributed by atoms with Crippen molar-refractivity contribution in [2.24, 2.45) is 0 Å². The summed E-state index contributed by atoms with van der Waals surface area (Å²) in [6.07, 6.45) is 0. The predicted molar refractivity (Wildman–Crippen MR) is 73.5 cm³/mol. The van der Waals surface area contributed by atoms with Crippen molar-refractivity contribution in [3.8, 4) is 5.75 Å². The number of ether oxygens (including phenoxy) is 3. The van der Waals surface area contributed by atoms with Crippen LogP contribution in [0.1, 0.15) is 13.8 Å². The van der Waals surface area contributed by atoms with Crippen molar-refractivity contribution in [2.45, 2.75) is 19.4 Å². The van der Waals surface area contributed by atoms with Gasteiger partial charge in [0.25, 0.3) is 5.91 Å². The SMILES string of the molecule is COCCOc1ccc(NC(=O)C(C)(C)OC)cc1. The smallest absolute Gasteiger partial charge is 0.256 e. The summed E-state index contributed by atoms with van der Waals surface area (Å²) in [4.78, 5) is 11.9. The van der Waals surface area contributed by atoms with Crippen molar-refractivity contribution >= 4 is 11.6 Å². The summed E-state index contributed by atoms with van der Waals surface area (Å²) >= 11 is 0. The minimum absolute atomic E-state index is 0.192. The Balaban J connectivity index is 2.55. The first-order chi connectivity index (χ1) is 8.99. The van der Waals surface area contributed by atoms with E-state index in [0.29, 0.717) is 18.9 Å². The Morgan fingerprint density at radius 2 is 1.79 bits per heavy atom. The van der Waals surface area contributed by atoms with E-state index in [1.54, 1.807) is 45.2 Å². The molecule has 1 amide bonds. The summed E-state index contributed by atoms with van der Waals surface area (Å²) in [6, 6.07) is 7.16. The molecule has 0 aromatic heterocycles. The Bertz CT molecular complexity index is 400. The lowest BCUT2D eigenvalue weighted by molar-refractivity contribution is -0.133. The number of anilines is 1. The number of benzene rings is 1. The topological polar surface area (TPSA) is 56.8 Å². The van der Waals surface area contributed by atoms with Crippen molar-refractivity contribution in [1.29, 1.82) is 0 Å². The molecule has 0 unspecified atom stereocenters. The molecule has 0 aliphatic heterocycles. The van der Waals surface area contributed by atoms with Gasteiger partial charge in [0.05, 0.1) is 6.61 Å². The Labute approximate surface area is 113 Å². The van der Waals surface area contributed by atoms with E-state index in [-0.39, 0.29) is 5.91 Å². The van der Waals surface area contributed by atoms with E-state index >= 15 is 0 Å². The molecule has 0 radical (unpaired) electrons. The van der Waals surface area contributed by atoms with E-state index in [1.165, 1.54) is 7.11 Å². The molecule has 5 nitrogen and oxygen atoms in total. The summed E-state index contributed by atoms with van der Waals surface area (Å²) in [5.41, 5.74) is -0.151. The van der Waals surface area contributed by atoms with Gasteiger partial charge >= 0.3 is 0 Å². The summed E-state index contributed by atoms with van der Waals surface area (Å²) < 4.78 is 15.4. The van der Waals surface area contributed by atoms with Crippen LogP contribution in [0.25, 0.3) is 0 Å². The van der Waals surface area contributed by atoms with Gasteiger partial charge in [-0.3, -0.25) is 4.79 Å². The van der Waals surface area contributed by atoms with Crippen LogP contribution >= 0.6 is 0 Å². The molecular formula is C14H21NO4. The average molecular weight is 267 g/mol. The van der Waals surface area contributed by atoms with Crippen LogP contribution in [0.3, 0.4) is 0 Å². The van der Waals surface area contributed by atoms with Gasteiger partial charge in [0, 0.05) is 19.9 Å². The Kier molecular flexibility index (Phi) is 5.79. The molecule has 0 fully saturated rings. The highest BCUT2D eigenvalue weighted by molar-refractivity contribution is 5.96. The predicted octanol–water partition coefficient (Wildman–Crippen LogP) is 2.08. The van der Waals surface area contributed by atoms with Crippen molar-refractivity contribution in [3.63, 3.8) is 0 Å². The lowest BCUT2D eigenvalue weighted by atomic mass is 10.1. The van der Waals surface area contributed by atoms with Gasteiger partial charge in [-0.15, -0.1) is 0 Å². The number of methoxy groups -OCH3 is 2. The number of carbonyl (C=O) groups excluding carboxylic acids is 1. The molecule has 0 heterocycles. The van der Waals surface area contributed by atoms with Crippen molar-refractivity contribution in [3.05, 3.63) is 24.3 Å². The number of carbonyl (C=O) groups is 1. The third kappa shape index (κ3) is 4.89. The number of hydrogen-bond acceptors (Lipinski definition) is 4. The minimum atomic E-state index is -0.854. The molecule has 1 N–H and O–H groups in total. The van der Waals surface area contributed by atoms with Crippen molar-refractivity contribution in [2.75, 3.05) is 32.8 Å². The van der Waals surface area contributed by atoms with Gasteiger partial charge in [-0.25, -0.2) is 0 Å². The second kappa shape index (κ2) is 7.11. The Morgan fingerprint density at radius 1 is 1.16 bits per heavy atom. The van der Waals surface area contributed by atoms with Crippen LogP contribution in [-0.2, 0) is 14.3 Å². The van der Waals surface area contributed by atoms with Gasteiger partial charge in [0.1, 0.15) is 18.0 Å². The molecule has 1 rings (SSSR count). The monoisotopic (exact) mass is 267 g/mol. The summed E-state index contributed by atoms with van der Waals surface area (Å²) in [7, 11) is 3.13. The highest BCUT2D eigenvalue weighted by atomic mass is 16.5. The van der Waals surface area contributed by atoms with E-state index in [1.807, 2.05) is 0 Å². The standard InChI is InChI=1S/C14H21NO4/c1-14(2,18-4)13(16)15-11-5-7-12(8-6-11)19-10-9-17-3/h5-8H,9-10H2,1-4H3,(H,15,16). The molecule has 0 aliphatic rings. The fourth-order valence-electron chi connectivity index (χ4n) is 1.25. The average Bonchev–Trinajstić information content (AvgIpc) is 2.41. The largest absolute Gasteiger partial charge is 0.491 e. The zero-order valence-corrected chi connectivity index (χ0v) is 11.9. The lowest BCUT2D eigenvalue weighted by Crippen LogP contribution is -2.38. The Hall–Kier alpha value is -1.59. The van der Waals surface area contributed by atoms with E-state index in [2.05, 4.69) is 5.32 Å². The fourth-order valence-corrected chi connectivity index (χ4v) is 1.25. The van der Waals surface area contributed by atoms with Crippen molar-refractivity contribution in [1.82, 2.24) is 0 Å². The Morgan fingerprint density at radius 3 is 2.32 bits per heavy atom. The van der Waals surface area contributed by atoms with Crippen LogP contribution in [-0.4, -0.2) is 38.9 Å². The molecule has 1 aromatic carbocycles. The zero-order valence-electron chi connectivity index (χ0n) is 11.9. The molecule has 0 atom stereocenters. The summed E-state index contributed by atoms with van der Waals surface area (Å²) in [5, 5.41) is 2.78. The van der Waals surface area contributed by atoms with Gasteiger partial charge in [0.2, 0.25) is 0 Å². The molecule has 5 heteroatoms. The molecule has 0 bridgehead atoms. The zero-order chi connectivity index (χ0) is 14.3. The maximum absolute atomic E-state index is 11.9. The van der Waals surface area contributed by atoms with Crippen LogP contribution in [0.4, 0.5) is 5.69 Å². The van der Waals surface area contributed by atoms with Gasteiger partial charge in [-0.05, 0) is 38.1 Å². The molecule has 0 spiro atoms. The summed E-state index contributed by atoms with van der Waals surface area (Å²) in [6.45, 7) is 4.47. The third-order valence-electron chi connectivity index (χ3n) is 2.73. The van der Waals surface area contributed by atoms with Crippen molar-refractivity contribution < 1.29 is 19.0 Å². The van der Waals surface area contributed by atoms with Crippen LogP contribution in [0.15, 0.2) is 24.3 Å². The van der Waals surface area contributed by atoms with Crippen LogP contribution in [0, 0.1) is 0 Å². The minimum Gasteiger partial charge on any atom is -0.491 e. The van der Waals surface area contributed by atoms with E-state index < -0.39 is 5.60 Å². The van der Waals surface area contributed by atoms with E-state index in [4.69, 9.17) is 14.2 Å². The highest BCUT2D eigenvalue weighted by Crippen LogP contribution is 2.17. The molecule has 106 valence electrons. The van der Waals surface area contributed by atoms with Gasteiger partial charge in [-0.2, -0.15) is 0 Å². The number of hydrogen-bond donors (Lipinski definition) is 1. The summed E-state index contributed by atoms with van der Waals surface area (Å²) in [5.74, 6) is 0.545. The van der Waals surface area contributed by atoms with Gasteiger partial charge in [-0.1, -0.05) is 0 Å². The number of nitrogens with one attached hydrogen (secondary N) is 1. The highest BCUT2D eigenvalue weighted by Gasteiger charge is 2.26. The second-order valence-electron chi connectivity index (χ2n) is 4.53. The van der Waals surface area contributed by atoms with Gasteiger partial charge in [0.15, 0.2) is 0 Å². The first-order valence-corrected chi connectivity index (χ1v) is 6.08. The maximum Gasteiger partial charge on any atom is 0.256 e. The van der Waals surface area contributed by atoms with Crippen LogP contribution in [0.2, 0.25) is 0 Å². The first-order valence-electron chi connectivity index (χ1n) is 6.08. The lowest BCUT2D eigenvalue weighted by Gasteiger charge is -2.21. The molecule has 0 saturated heterocycles. The van der Waals surface area contributed by atoms with Crippen LogP contribution in [0.5, 0.6) is 5.75 Å². The van der Waals surface area contributed by atoms with E-state index in [9.17, 15) is 4.79 Å². The number of rotatable bonds is 7. The normalized spacial score (nSPS) is 11.2. The first kappa shape index (κ1) is 15.5. The molecule has 0 aliphatic carbocycles. The quantitative estimate of drug-likeness (QED) is 0.768. The molecule has 0 saturated carbocycles.